The third-order valence-electron chi connectivity index (χ3n) is 5.66. The van der Waals surface area contributed by atoms with E-state index >= 15 is 0 Å². The summed E-state index contributed by atoms with van der Waals surface area (Å²) < 4.78 is 5.93. The lowest BCUT2D eigenvalue weighted by Crippen LogP contribution is -1.97. The van der Waals surface area contributed by atoms with Crippen LogP contribution in [0.5, 0.6) is 5.75 Å². The Balaban J connectivity index is 1.66. The Morgan fingerprint density at radius 2 is 1.48 bits per heavy atom. The van der Waals surface area contributed by atoms with Crippen LogP contribution in [0.15, 0.2) is 59.5 Å². The second kappa shape index (κ2) is 17.5. The van der Waals surface area contributed by atoms with Gasteiger partial charge < -0.3 is 4.74 Å². The molecule has 180 valence electrons. The molecule has 0 amide bonds. The van der Waals surface area contributed by atoms with Gasteiger partial charge in [0.25, 0.3) is 0 Å². The summed E-state index contributed by atoms with van der Waals surface area (Å²) >= 11 is 1.83. The number of hydrogen-bond donors (Lipinski definition) is 0. The van der Waals surface area contributed by atoms with Crippen LogP contribution in [0, 0.1) is 0 Å². The van der Waals surface area contributed by atoms with Crippen LogP contribution < -0.4 is 4.74 Å². The van der Waals surface area contributed by atoms with Crippen molar-refractivity contribution >= 4 is 23.6 Å². The molecule has 33 heavy (non-hydrogen) atoms. The summed E-state index contributed by atoms with van der Waals surface area (Å²) in [6.07, 6.45) is 17.9. The van der Waals surface area contributed by atoms with Crippen molar-refractivity contribution in [3.05, 3.63) is 65.7 Å². The minimum Gasteiger partial charge on any atom is -0.494 e. The van der Waals surface area contributed by atoms with E-state index in [0.717, 1.165) is 42.1 Å². The summed E-state index contributed by atoms with van der Waals surface area (Å²) in [5.74, 6) is 2.00. The first-order valence-electron chi connectivity index (χ1n) is 12.9. The highest BCUT2D eigenvalue weighted by Gasteiger charge is 2.03. The van der Waals surface area contributed by atoms with Crippen molar-refractivity contribution in [1.82, 2.24) is 0 Å². The maximum Gasteiger partial charge on any atom is 0.185 e. The Hall–Kier alpha value is -2.00. The molecule has 0 fully saturated rings. The maximum absolute atomic E-state index is 12.5. The van der Waals surface area contributed by atoms with Gasteiger partial charge in [0.15, 0.2) is 5.78 Å². The van der Waals surface area contributed by atoms with Crippen LogP contribution in [0.1, 0.15) is 100 Å². The smallest absolute Gasteiger partial charge is 0.185 e. The molecule has 0 aliphatic heterocycles. The summed E-state index contributed by atoms with van der Waals surface area (Å²) in [7, 11) is 0. The molecule has 3 heteroatoms. The van der Waals surface area contributed by atoms with Crippen molar-refractivity contribution < 1.29 is 9.53 Å². The van der Waals surface area contributed by atoms with Gasteiger partial charge in [0.05, 0.1) is 6.61 Å². The fourth-order valence-electron chi connectivity index (χ4n) is 3.69. The second-order valence-electron chi connectivity index (χ2n) is 8.67. The quantitative estimate of drug-likeness (QED) is 0.0947. The summed E-state index contributed by atoms with van der Waals surface area (Å²) in [6.45, 7) is 5.20. The normalized spacial score (nSPS) is 11.2. The van der Waals surface area contributed by atoms with Gasteiger partial charge in [0.1, 0.15) is 5.75 Å². The number of ether oxygens (including phenoxy) is 1. The van der Waals surface area contributed by atoms with Crippen LogP contribution in [0.3, 0.4) is 0 Å². The van der Waals surface area contributed by atoms with Crippen LogP contribution >= 0.6 is 11.8 Å². The van der Waals surface area contributed by atoms with Gasteiger partial charge in [-0.25, -0.2) is 0 Å². The Bertz CT molecular complexity index is 810. The van der Waals surface area contributed by atoms with Crippen molar-refractivity contribution in [2.75, 3.05) is 12.4 Å². The lowest BCUT2D eigenvalue weighted by atomic mass is 10.1. The number of unbranched alkanes of at least 4 members (excludes halogenated alkanes) is 9. The molecule has 0 aliphatic rings. The molecule has 0 saturated carbocycles. The van der Waals surface area contributed by atoms with Gasteiger partial charge >= 0.3 is 0 Å². The molecule has 2 nitrogen and oxygen atoms in total. The number of hydrogen-bond acceptors (Lipinski definition) is 3. The highest BCUT2D eigenvalue weighted by Crippen LogP contribution is 2.20. The van der Waals surface area contributed by atoms with Gasteiger partial charge in [-0.15, -0.1) is 11.8 Å². The minimum atomic E-state index is 0.0266. The molecular weight excluding hydrogens is 424 g/mol. The van der Waals surface area contributed by atoms with E-state index in [1.54, 1.807) is 6.08 Å². The number of benzene rings is 2. The number of carbonyl (C=O) groups is 1. The van der Waals surface area contributed by atoms with E-state index in [2.05, 4.69) is 13.8 Å². The van der Waals surface area contributed by atoms with Gasteiger partial charge in [-0.3, -0.25) is 4.79 Å². The number of rotatable bonds is 18. The van der Waals surface area contributed by atoms with Crippen molar-refractivity contribution in [3.63, 3.8) is 0 Å². The fourth-order valence-corrected chi connectivity index (χ4v) is 4.46. The van der Waals surface area contributed by atoms with Crippen molar-refractivity contribution in [2.45, 2.75) is 89.4 Å². The molecule has 0 bridgehead atoms. The number of allylic oxidation sites excluding steroid dienone is 1. The first-order valence-corrected chi connectivity index (χ1v) is 13.9. The molecule has 0 aromatic heterocycles. The highest BCUT2D eigenvalue weighted by atomic mass is 32.2. The summed E-state index contributed by atoms with van der Waals surface area (Å²) in [5, 5.41) is 0. The average Bonchev–Trinajstić information content (AvgIpc) is 2.85. The number of carbonyl (C=O) groups excluding carboxylic acids is 1. The molecule has 0 spiro atoms. The summed E-state index contributed by atoms with van der Waals surface area (Å²) in [6, 6.07) is 15.9. The standard InChI is InChI=1S/C30H42O2S/c1-3-5-6-7-8-9-10-11-12-13-23-32-28-16-14-15-26(25-28)17-22-30(31)27-18-20-29(21-19-27)33-24-4-2/h14-22,25H,3-13,23-24H2,1-2H3/b22-17+. The first-order chi connectivity index (χ1) is 16.2. The molecule has 0 atom stereocenters. The zero-order valence-corrected chi connectivity index (χ0v) is 21.5. The van der Waals surface area contributed by atoms with Crippen molar-refractivity contribution in [2.24, 2.45) is 0 Å². The van der Waals surface area contributed by atoms with Crippen LogP contribution in [-0.2, 0) is 0 Å². The van der Waals surface area contributed by atoms with Gasteiger partial charge in [-0.05, 0) is 66.6 Å². The Labute approximate surface area is 206 Å². The van der Waals surface area contributed by atoms with E-state index in [1.807, 2.05) is 66.4 Å². The fraction of sp³-hybridized carbons (Fsp3) is 0.500. The number of thioether (sulfide) groups is 1. The van der Waals surface area contributed by atoms with Gasteiger partial charge in [-0.1, -0.05) is 89.8 Å². The van der Waals surface area contributed by atoms with Crippen molar-refractivity contribution in [1.29, 1.82) is 0 Å². The van der Waals surface area contributed by atoms with Gasteiger partial charge in [-0.2, -0.15) is 0 Å². The van der Waals surface area contributed by atoms with Gasteiger partial charge in [0.2, 0.25) is 0 Å². The third kappa shape index (κ3) is 12.1. The van der Waals surface area contributed by atoms with Gasteiger partial charge in [0, 0.05) is 10.5 Å². The van der Waals surface area contributed by atoms with E-state index in [-0.39, 0.29) is 5.78 Å². The van der Waals surface area contributed by atoms with Crippen LogP contribution in [-0.4, -0.2) is 18.1 Å². The molecule has 2 aromatic carbocycles. The molecular formula is C30H42O2S. The number of ketones is 1. The third-order valence-corrected chi connectivity index (χ3v) is 6.88. The zero-order valence-electron chi connectivity index (χ0n) is 20.7. The minimum absolute atomic E-state index is 0.0266. The van der Waals surface area contributed by atoms with E-state index in [1.165, 1.54) is 62.7 Å². The first kappa shape index (κ1) is 27.2. The monoisotopic (exact) mass is 466 g/mol. The topological polar surface area (TPSA) is 26.3 Å². The molecule has 2 aromatic rings. The molecule has 0 heterocycles. The Morgan fingerprint density at radius 1 is 0.818 bits per heavy atom. The highest BCUT2D eigenvalue weighted by molar-refractivity contribution is 7.99. The van der Waals surface area contributed by atoms with E-state index in [9.17, 15) is 4.79 Å². The molecule has 0 radical (unpaired) electrons. The zero-order chi connectivity index (χ0) is 23.6. The maximum atomic E-state index is 12.5. The summed E-state index contributed by atoms with van der Waals surface area (Å²) in [5.41, 5.74) is 1.71. The van der Waals surface area contributed by atoms with Crippen LogP contribution in [0.4, 0.5) is 0 Å². The predicted molar refractivity (Wildman–Crippen MR) is 145 cm³/mol. The molecule has 0 N–H and O–H groups in total. The molecule has 2 rings (SSSR count). The van der Waals surface area contributed by atoms with Crippen LogP contribution in [0.2, 0.25) is 0 Å². The molecule has 0 saturated heterocycles. The largest absolute Gasteiger partial charge is 0.494 e. The Morgan fingerprint density at radius 3 is 2.15 bits per heavy atom. The molecule has 0 unspecified atom stereocenters. The van der Waals surface area contributed by atoms with Crippen LogP contribution in [0.25, 0.3) is 6.08 Å². The predicted octanol–water partition coefficient (Wildman–Crippen LogP) is 9.38. The second-order valence-corrected chi connectivity index (χ2v) is 9.84. The van der Waals surface area contributed by atoms with Crippen molar-refractivity contribution in [3.8, 4) is 5.75 Å². The summed E-state index contributed by atoms with van der Waals surface area (Å²) in [4.78, 5) is 13.7. The lowest BCUT2D eigenvalue weighted by molar-refractivity contribution is 0.104. The van der Waals surface area contributed by atoms with E-state index in [4.69, 9.17) is 4.74 Å². The SMILES string of the molecule is CCCCCCCCCCCCOc1cccc(/C=C/C(=O)c2ccc(SCCC)cc2)c1. The molecule has 0 aliphatic carbocycles. The lowest BCUT2D eigenvalue weighted by Gasteiger charge is -2.07. The Kier molecular flexibility index (Phi) is 14.4. The van der Waals surface area contributed by atoms with E-state index < -0.39 is 0 Å². The average molecular weight is 467 g/mol. The van der Waals surface area contributed by atoms with E-state index in [0.29, 0.717) is 0 Å².